The van der Waals surface area contributed by atoms with Crippen LogP contribution in [0.3, 0.4) is 0 Å². The number of nitrogens with one attached hydrogen (secondary N) is 1. The van der Waals surface area contributed by atoms with E-state index >= 15 is 0 Å². The summed E-state index contributed by atoms with van der Waals surface area (Å²) in [6.45, 7) is -1.94. The van der Waals surface area contributed by atoms with Crippen molar-refractivity contribution in [1.29, 1.82) is 0 Å². The van der Waals surface area contributed by atoms with Crippen LogP contribution in [0.2, 0.25) is 0 Å². The summed E-state index contributed by atoms with van der Waals surface area (Å²) in [5.74, 6) is -0.271. The summed E-state index contributed by atoms with van der Waals surface area (Å²) >= 11 is 3.28. The standard InChI is InChI=1S/C13H12BrF2N3O2/c14-10-7-18-19(8-10)6-5-17-12(20)9-1-3-11(4-2-9)21-13(15)16/h1-4,7-8,13H,5-6H2,(H,17,20). The van der Waals surface area contributed by atoms with Gasteiger partial charge in [-0.15, -0.1) is 0 Å². The molecule has 21 heavy (non-hydrogen) atoms. The maximum Gasteiger partial charge on any atom is 0.387 e. The minimum Gasteiger partial charge on any atom is -0.435 e. The Hall–Kier alpha value is -1.96. The first-order valence-electron chi connectivity index (χ1n) is 6.05. The smallest absolute Gasteiger partial charge is 0.387 e. The molecule has 1 aromatic carbocycles. The Labute approximate surface area is 128 Å². The maximum atomic E-state index is 12.0. The number of carbonyl (C=O) groups excluding carboxylic acids is 1. The third-order valence-corrected chi connectivity index (χ3v) is 2.98. The largest absolute Gasteiger partial charge is 0.435 e. The molecule has 0 unspecified atom stereocenters. The quantitative estimate of drug-likeness (QED) is 0.862. The Morgan fingerprint density at radius 3 is 2.67 bits per heavy atom. The van der Waals surface area contributed by atoms with Gasteiger partial charge in [0.2, 0.25) is 0 Å². The molecule has 8 heteroatoms. The summed E-state index contributed by atoms with van der Waals surface area (Å²) in [4.78, 5) is 11.8. The first kappa shape index (κ1) is 15.4. The van der Waals surface area contributed by atoms with Gasteiger partial charge in [0.05, 0.1) is 17.2 Å². The molecule has 0 atom stereocenters. The second kappa shape index (κ2) is 7.16. The zero-order valence-electron chi connectivity index (χ0n) is 10.8. The molecule has 1 amide bonds. The van der Waals surface area contributed by atoms with Gasteiger partial charge in [0, 0.05) is 18.3 Å². The molecule has 2 aromatic rings. The fourth-order valence-electron chi connectivity index (χ4n) is 1.63. The molecule has 1 N–H and O–H groups in total. The first-order chi connectivity index (χ1) is 10.0. The van der Waals surface area contributed by atoms with Crippen LogP contribution < -0.4 is 10.1 Å². The van der Waals surface area contributed by atoms with Crippen molar-refractivity contribution in [3.8, 4) is 5.75 Å². The lowest BCUT2D eigenvalue weighted by Gasteiger charge is -2.07. The number of hydrogen-bond acceptors (Lipinski definition) is 3. The van der Waals surface area contributed by atoms with Crippen molar-refractivity contribution in [2.24, 2.45) is 0 Å². The van der Waals surface area contributed by atoms with E-state index < -0.39 is 6.61 Å². The number of ether oxygens (including phenoxy) is 1. The summed E-state index contributed by atoms with van der Waals surface area (Å²) in [6, 6.07) is 5.51. The van der Waals surface area contributed by atoms with Gasteiger partial charge in [0.15, 0.2) is 0 Å². The molecule has 0 fully saturated rings. The van der Waals surface area contributed by atoms with Gasteiger partial charge in [-0.3, -0.25) is 9.48 Å². The number of nitrogens with zero attached hydrogens (tertiary/aromatic N) is 2. The normalized spacial score (nSPS) is 10.7. The average molecular weight is 360 g/mol. The lowest BCUT2D eigenvalue weighted by atomic mass is 10.2. The Morgan fingerprint density at radius 1 is 1.38 bits per heavy atom. The molecule has 0 radical (unpaired) electrons. The third kappa shape index (κ3) is 4.82. The highest BCUT2D eigenvalue weighted by atomic mass is 79.9. The lowest BCUT2D eigenvalue weighted by molar-refractivity contribution is -0.0498. The van der Waals surface area contributed by atoms with Gasteiger partial charge in [-0.05, 0) is 40.2 Å². The van der Waals surface area contributed by atoms with Crippen LogP contribution in [0.4, 0.5) is 8.78 Å². The molecule has 0 saturated heterocycles. The number of rotatable bonds is 6. The van der Waals surface area contributed by atoms with Gasteiger partial charge >= 0.3 is 6.61 Å². The van der Waals surface area contributed by atoms with E-state index in [1.807, 2.05) is 0 Å². The lowest BCUT2D eigenvalue weighted by Crippen LogP contribution is -2.27. The number of amides is 1. The highest BCUT2D eigenvalue weighted by Gasteiger charge is 2.07. The molecule has 112 valence electrons. The molecule has 0 spiro atoms. The summed E-state index contributed by atoms with van der Waals surface area (Å²) < 4.78 is 30.7. The molecule has 0 saturated carbocycles. The molecular weight excluding hydrogens is 348 g/mol. The van der Waals surface area contributed by atoms with E-state index in [4.69, 9.17) is 0 Å². The van der Waals surface area contributed by atoms with E-state index in [0.29, 0.717) is 18.7 Å². The number of alkyl halides is 2. The summed E-state index contributed by atoms with van der Waals surface area (Å²) in [5, 5.41) is 6.77. The number of carbonyl (C=O) groups is 1. The molecule has 5 nitrogen and oxygen atoms in total. The number of benzene rings is 1. The third-order valence-electron chi connectivity index (χ3n) is 2.57. The van der Waals surface area contributed by atoms with Crippen molar-refractivity contribution in [3.63, 3.8) is 0 Å². The Morgan fingerprint density at radius 2 is 2.10 bits per heavy atom. The van der Waals surface area contributed by atoms with E-state index in [1.165, 1.54) is 24.3 Å². The molecule has 0 aliphatic rings. The minimum absolute atomic E-state index is 0.0166. The van der Waals surface area contributed by atoms with Crippen LogP contribution in [0.25, 0.3) is 0 Å². The van der Waals surface area contributed by atoms with Crippen LogP contribution in [-0.2, 0) is 6.54 Å². The highest BCUT2D eigenvalue weighted by molar-refractivity contribution is 9.10. The van der Waals surface area contributed by atoms with Gasteiger partial charge in [0.25, 0.3) is 5.91 Å². The van der Waals surface area contributed by atoms with E-state index in [2.05, 4.69) is 31.1 Å². The zero-order chi connectivity index (χ0) is 15.2. The zero-order valence-corrected chi connectivity index (χ0v) is 12.4. The number of halogens is 3. The minimum atomic E-state index is -2.88. The molecule has 1 aromatic heterocycles. The van der Waals surface area contributed by atoms with Crippen LogP contribution in [0.1, 0.15) is 10.4 Å². The fourth-order valence-corrected chi connectivity index (χ4v) is 1.96. The predicted molar refractivity (Wildman–Crippen MR) is 75.3 cm³/mol. The van der Waals surface area contributed by atoms with Crippen molar-refractivity contribution in [2.75, 3.05) is 6.54 Å². The van der Waals surface area contributed by atoms with Crippen molar-refractivity contribution < 1.29 is 18.3 Å². The molecule has 1 heterocycles. The molecule has 2 rings (SSSR count). The Kier molecular flexibility index (Phi) is 5.26. The topological polar surface area (TPSA) is 56.2 Å². The first-order valence-corrected chi connectivity index (χ1v) is 6.85. The predicted octanol–water partition coefficient (Wildman–Crippen LogP) is 2.68. The highest BCUT2D eigenvalue weighted by Crippen LogP contribution is 2.14. The molecule has 0 aliphatic heterocycles. The maximum absolute atomic E-state index is 12.0. The van der Waals surface area contributed by atoms with E-state index in [9.17, 15) is 13.6 Å². The van der Waals surface area contributed by atoms with E-state index in [-0.39, 0.29) is 11.7 Å². The van der Waals surface area contributed by atoms with E-state index in [0.717, 1.165) is 4.47 Å². The van der Waals surface area contributed by atoms with E-state index in [1.54, 1.807) is 17.1 Å². The van der Waals surface area contributed by atoms with Crippen molar-refractivity contribution in [3.05, 3.63) is 46.7 Å². The second-order valence-corrected chi connectivity index (χ2v) is 5.00. The Balaban J connectivity index is 1.82. The summed E-state index contributed by atoms with van der Waals surface area (Å²) in [5.41, 5.74) is 0.373. The van der Waals surface area contributed by atoms with Gasteiger partial charge in [-0.25, -0.2) is 0 Å². The molecule has 0 bridgehead atoms. The SMILES string of the molecule is O=C(NCCn1cc(Br)cn1)c1ccc(OC(F)F)cc1. The molecular formula is C13H12BrF2N3O2. The summed E-state index contributed by atoms with van der Waals surface area (Å²) in [6.07, 6.45) is 3.45. The second-order valence-electron chi connectivity index (χ2n) is 4.08. The van der Waals surface area contributed by atoms with Crippen molar-refractivity contribution >= 4 is 21.8 Å². The monoisotopic (exact) mass is 359 g/mol. The fraction of sp³-hybridized carbons (Fsp3) is 0.231. The van der Waals surface area contributed by atoms with Gasteiger partial charge in [0.1, 0.15) is 5.75 Å². The van der Waals surface area contributed by atoms with Crippen LogP contribution in [0.15, 0.2) is 41.1 Å². The number of aromatic nitrogens is 2. The van der Waals surface area contributed by atoms with Crippen LogP contribution in [-0.4, -0.2) is 28.8 Å². The van der Waals surface area contributed by atoms with Gasteiger partial charge < -0.3 is 10.1 Å². The van der Waals surface area contributed by atoms with Crippen LogP contribution in [0, 0.1) is 0 Å². The number of hydrogen-bond donors (Lipinski definition) is 1. The van der Waals surface area contributed by atoms with Crippen molar-refractivity contribution in [2.45, 2.75) is 13.2 Å². The van der Waals surface area contributed by atoms with Crippen LogP contribution in [0.5, 0.6) is 5.75 Å². The Bertz CT molecular complexity index is 602. The van der Waals surface area contributed by atoms with Gasteiger partial charge in [-0.2, -0.15) is 13.9 Å². The molecule has 0 aliphatic carbocycles. The average Bonchev–Trinajstić information content (AvgIpc) is 2.84. The van der Waals surface area contributed by atoms with Crippen LogP contribution >= 0.6 is 15.9 Å². The summed E-state index contributed by atoms with van der Waals surface area (Å²) in [7, 11) is 0. The van der Waals surface area contributed by atoms with Crippen molar-refractivity contribution in [1.82, 2.24) is 15.1 Å². The van der Waals surface area contributed by atoms with Gasteiger partial charge in [-0.1, -0.05) is 0 Å².